The lowest BCUT2D eigenvalue weighted by atomic mass is 10.2. The molecular weight excluding hydrogens is 312 g/mol. The summed E-state index contributed by atoms with van der Waals surface area (Å²) in [4.78, 5) is 11.8. The zero-order valence-electron chi connectivity index (χ0n) is 13.6. The van der Waals surface area contributed by atoms with E-state index in [1.54, 1.807) is 24.2 Å². The number of nitrogens with zero attached hydrogens (tertiary/aromatic N) is 2. The van der Waals surface area contributed by atoms with Crippen molar-refractivity contribution in [3.63, 3.8) is 0 Å². The van der Waals surface area contributed by atoms with Crippen molar-refractivity contribution in [1.29, 1.82) is 0 Å². The molecule has 0 aliphatic rings. The molecule has 2 amide bonds. The van der Waals surface area contributed by atoms with Gasteiger partial charge in [-0.15, -0.1) is 0 Å². The van der Waals surface area contributed by atoms with Gasteiger partial charge >= 0.3 is 6.03 Å². The SMILES string of the molecule is COc1ccccc1-n1cc(C(C)NC(=O)NC(CO)CO)cn1. The Kier molecular flexibility index (Phi) is 6.16. The van der Waals surface area contributed by atoms with E-state index in [0.717, 1.165) is 11.3 Å². The topological polar surface area (TPSA) is 109 Å². The molecule has 0 bridgehead atoms. The van der Waals surface area contributed by atoms with Gasteiger partial charge in [0, 0.05) is 11.8 Å². The second-order valence-electron chi connectivity index (χ2n) is 5.29. The van der Waals surface area contributed by atoms with Crippen LogP contribution in [0.4, 0.5) is 4.79 Å². The number of hydrogen-bond acceptors (Lipinski definition) is 5. The quantitative estimate of drug-likeness (QED) is 0.593. The molecule has 1 atom stereocenters. The van der Waals surface area contributed by atoms with E-state index in [9.17, 15) is 4.79 Å². The zero-order chi connectivity index (χ0) is 17.5. The predicted octanol–water partition coefficient (Wildman–Crippen LogP) is 0.594. The Bertz CT molecular complexity index is 670. The molecule has 0 radical (unpaired) electrons. The number of ether oxygens (including phenoxy) is 1. The number of urea groups is 1. The summed E-state index contributed by atoms with van der Waals surface area (Å²) in [5.41, 5.74) is 1.60. The Morgan fingerprint density at radius 3 is 2.67 bits per heavy atom. The van der Waals surface area contributed by atoms with E-state index in [1.165, 1.54) is 0 Å². The molecule has 24 heavy (non-hydrogen) atoms. The van der Waals surface area contributed by atoms with E-state index < -0.39 is 12.1 Å². The number of hydrogen-bond donors (Lipinski definition) is 4. The minimum atomic E-state index is -0.687. The first-order chi connectivity index (χ1) is 11.6. The highest BCUT2D eigenvalue weighted by Gasteiger charge is 2.15. The van der Waals surface area contributed by atoms with Crippen LogP contribution in [0.2, 0.25) is 0 Å². The van der Waals surface area contributed by atoms with E-state index in [1.807, 2.05) is 31.2 Å². The average molecular weight is 334 g/mol. The fourth-order valence-electron chi connectivity index (χ4n) is 2.17. The van der Waals surface area contributed by atoms with Gasteiger partial charge in [-0.05, 0) is 19.1 Å². The summed E-state index contributed by atoms with van der Waals surface area (Å²) >= 11 is 0. The maximum absolute atomic E-state index is 11.8. The number of aliphatic hydroxyl groups is 2. The summed E-state index contributed by atoms with van der Waals surface area (Å²) in [5, 5.41) is 27.5. The van der Waals surface area contributed by atoms with Crippen molar-refractivity contribution in [2.24, 2.45) is 0 Å². The number of methoxy groups -OCH3 is 1. The monoisotopic (exact) mass is 334 g/mol. The Balaban J connectivity index is 2.06. The fourth-order valence-corrected chi connectivity index (χ4v) is 2.17. The highest BCUT2D eigenvalue weighted by molar-refractivity contribution is 5.74. The van der Waals surface area contributed by atoms with E-state index in [4.69, 9.17) is 14.9 Å². The van der Waals surface area contributed by atoms with Crippen molar-refractivity contribution in [2.75, 3.05) is 20.3 Å². The molecule has 1 aromatic carbocycles. The minimum absolute atomic E-state index is 0.300. The summed E-state index contributed by atoms with van der Waals surface area (Å²) in [5.74, 6) is 0.694. The molecule has 2 rings (SSSR count). The third kappa shape index (κ3) is 4.24. The lowest BCUT2D eigenvalue weighted by molar-refractivity contribution is 0.168. The van der Waals surface area contributed by atoms with Gasteiger partial charge in [0.1, 0.15) is 11.4 Å². The number of carbonyl (C=O) groups excluding carboxylic acids is 1. The van der Waals surface area contributed by atoms with Crippen LogP contribution >= 0.6 is 0 Å². The van der Waals surface area contributed by atoms with Crippen molar-refractivity contribution in [3.8, 4) is 11.4 Å². The minimum Gasteiger partial charge on any atom is -0.494 e. The number of para-hydroxylation sites is 2. The van der Waals surface area contributed by atoms with Crippen molar-refractivity contribution in [2.45, 2.75) is 19.0 Å². The number of aliphatic hydroxyl groups excluding tert-OH is 2. The molecule has 4 N–H and O–H groups in total. The number of carbonyl (C=O) groups is 1. The molecule has 1 heterocycles. The second kappa shape index (κ2) is 8.32. The Morgan fingerprint density at radius 2 is 2.00 bits per heavy atom. The van der Waals surface area contributed by atoms with E-state index in [2.05, 4.69) is 15.7 Å². The lowest BCUT2D eigenvalue weighted by Gasteiger charge is -2.17. The first kappa shape index (κ1) is 17.8. The smallest absolute Gasteiger partial charge is 0.315 e. The molecular formula is C16H22N4O4. The molecule has 2 aromatic rings. The van der Waals surface area contributed by atoms with Crippen LogP contribution in [-0.4, -0.2) is 52.4 Å². The summed E-state index contributed by atoms with van der Waals surface area (Å²) in [6.07, 6.45) is 3.46. The number of benzene rings is 1. The number of rotatable bonds is 7. The van der Waals surface area contributed by atoms with Gasteiger partial charge in [-0.2, -0.15) is 5.10 Å². The molecule has 0 fully saturated rings. The molecule has 8 nitrogen and oxygen atoms in total. The summed E-state index contributed by atoms with van der Waals surface area (Å²) < 4.78 is 6.99. The van der Waals surface area contributed by atoms with Gasteiger partial charge in [0.05, 0.1) is 38.6 Å². The number of amides is 2. The fraction of sp³-hybridized carbons (Fsp3) is 0.375. The molecule has 0 saturated carbocycles. The largest absolute Gasteiger partial charge is 0.494 e. The van der Waals surface area contributed by atoms with Gasteiger partial charge < -0.3 is 25.6 Å². The van der Waals surface area contributed by atoms with Gasteiger partial charge in [-0.25, -0.2) is 9.48 Å². The van der Waals surface area contributed by atoms with E-state index in [0.29, 0.717) is 5.75 Å². The lowest BCUT2D eigenvalue weighted by Crippen LogP contribution is -2.46. The Labute approximate surface area is 140 Å². The molecule has 1 aromatic heterocycles. The first-order valence-corrected chi connectivity index (χ1v) is 7.55. The first-order valence-electron chi connectivity index (χ1n) is 7.55. The number of aromatic nitrogens is 2. The summed E-state index contributed by atoms with van der Waals surface area (Å²) in [7, 11) is 1.59. The molecule has 0 saturated heterocycles. The van der Waals surface area contributed by atoms with Gasteiger partial charge in [0.25, 0.3) is 0 Å². The summed E-state index contributed by atoms with van der Waals surface area (Å²) in [6, 6.07) is 6.03. The van der Waals surface area contributed by atoms with Crippen molar-refractivity contribution >= 4 is 6.03 Å². The van der Waals surface area contributed by atoms with Gasteiger partial charge in [0.15, 0.2) is 0 Å². The van der Waals surface area contributed by atoms with Gasteiger partial charge in [-0.1, -0.05) is 12.1 Å². The highest BCUT2D eigenvalue weighted by atomic mass is 16.5. The van der Waals surface area contributed by atoms with E-state index in [-0.39, 0.29) is 19.3 Å². The van der Waals surface area contributed by atoms with Crippen molar-refractivity contribution in [1.82, 2.24) is 20.4 Å². The second-order valence-corrected chi connectivity index (χ2v) is 5.29. The molecule has 130 valence electrons. The molecule has 0 aliphatic carbocycles. The predicted molar refractivity (Wildman–Crippen MR) is 88.2 cm³/mol. The third-order valence-electron chi connectivity index (χ3n) is 3.56. The summed E-state index contributed by atoms with van der Waals surface area (Å²) in [6.45, 7) is 1.16. The van der Waals surface area contributed by atoms with Crippen LogP contribution in [0.1, 0.15) is 18.5 Å². The maximum atomic E-state index is 11.8. The van der Waals surface area contributed by atoms with Crippen LogP contribution in [0.5, 0.6) is 5.75 Å². The van der Waals surface area contributed by atoms with Crippen molar-refractivity contribution in [3.05, 3.63) is 42.2 Å². The maximum Gasteiger partial charge on any atom is 0.315 e. The van der Waals surface area contributed by atoms with Crippen LogP contribution < -0.4 is 15.4 Å². The third-order valence-corrected chi connectivity index (χ3v) is 3.56. The van der Waals surface area contributed by atoms with Gasteiger partial charge in [0.2, 0.25) is 0 Å². The molecule has 0 spiro atoms. The standard InChI is InChI=1S/C16H22N4O4/c1-11(18-16(23)19-13(9-21)10-22)12-7-17-20(8-12)14-5-3-4-6-15(14)24-2/h3-8,11,13,21-22H,9-10H2,1-2H3,(H2,18,19,23). The van der Waals surface area contributed by atoms with Crippen LogP contribution in [0.15, 0.2) is 36.7 Å². The average Bonchev–Trinajstić information content (AvgIpc) is 3.09. The van der Waals surface area contributed by atoms with E-state index >= 15 is 0 Å². The van der Waals surface area contributed by atoms with Crippen molar-refractivity contribution < 1.29 is 19.7 Å². The molecule has 8 heteroatoms. The Morgan fingerprint density at radius 1 is 1.29 bits per heavy atom. The zero-order valence-corrected chi connectivity index (χ0v) is 13.6. The normalized spacial score (nSPS) is 12.0. The van der Waals surface area contributed by atoms with Crippen LogP contribution in [0.3, 0.4) is 0 Å². The molecule has 0 aliphatic heterocycles. The van der Waals surface area contributed by atoms with Crippen LogP contribution in [0, 0.1) is 0 Å². The van der Waals surface area contributed by atoms with Crippen LogP contribution in [-0.2, 0) is 0 Å². The highest BCUT2D eigenvalue weighted by Crippen LogP contribution is 2.22. The molecule has 1 unspecified atom stereocenters. The van der Waals surface area contributed by atoms with Crippen LogP contribution in [0.25, 0.3) is 5.69 Å². The van der Waals surface area contributed by atoms with Gasteiger partial charge in [-0.3, -0.25) is 0 Å². The number of nitrogens with one attached hydrogen (secondary N) is 2. The Hall–Kier alpha value is -2.58.